The van der Waals surface area contributed by atoms with Crippen LogP contribution < -0.4 is 10.6 Å². The Labute approximate surface area is 131 Å². The lowest BCUT2D eigenvalue weighted by Gasteiger charge is -2.08. The second-order valence-corrected chi connectivity index (χ2v) is 4.66. The molecule has 0 bridgehead atoms. The highest BCUT2D eigenvalue weighted by Crippen LogP contribution is 2.17. The number of carboxylic acids is 2. The molecule has 0 saturated heterocycles. The molecule has 0 aliphatic carbocycles. The second kappa shape index (κ2) is 7.08. The van der Waals surface area contributed by atoms with Crippen molar-refractivity contribution < 1.29 is 24.6 Å². The van der Waals surface area contributed by atoms with Crippen LogP contribution in [0.1, 0.15) is 20.7 Å². The van der Waals surface area contributed by atoms with E-state index < -0.39 is 24.4 Å². The summed E-state index contributed by atoms with van der Waals surface area (Å²) in [4.78, 5) is 32.8. The van der Waals surface area contributed by atoms with Crippen LogP contribution in [0.4, 0.5) is 11.4 Å². The minimum atomic E-state index is -1.11. The first kappa shape index (κ1) is 16.0. The number of carbonyl (C=O) groups is 3. The van der Waals surface area contributed by atoms with Crippen LogP contribution >= 0.6 is 0 Å². The van der Waals surface area contributed by atoms with Gasteiger partial charge in [0.1, 0.15) is 6.54 Å². The molecule has 0 heterocycles. The molecule has 4 N–H and O–H groups in total. The number of aliphatic carboxylic acids is 1. The largest absolute Gasteiger partial charge is 0.480 e. The number of benzene rings is 2. The van der Waals surface area contributed by atoms with Crippen molar-refractivity contribution in [1.82, 2.24) is 5.32 Å². The molecule has 1 amide bonds. The molecular formula is C16H14N2O5. The zero-order valence-corrected chi connectivity index (χ0v) is 11.9. The number of aromatic carboxylic acids is 1. The fraction of sp³-hybridized carbons (Fsp3) is 0.0625. The Kier molecular flexibility index (Phi) is 4.93. The van der Waals surface area contributed by atoms with Gasteiger partial charge in [-0.15, -0.1) is 0 Å². The Balaban J connectivity index is 2.00. The molecule has 0 atom stereocenters. The number of rotatable bonds is 6. The van der Waals surface area contributed by atoms with Gasteiger partial charge in [-0.1, -0.05) is 0 Å². The van der Waals surface area contributed by atoms with Crippen molar-refractivity contribution in [3.05, 3.63) is 59.7 Å². The molecule has 7 heteroatoms. The Hall–Kier alpha value is -3.35. The molecule has 0 saturated carbocycles. The predicted octanol–water partition coefficient (Wildman–Crippen LogP) is 1.94. The van der Waals surface area contributed by atoms with E-state index >= 15 is 0 Å². The van der Waals surface area contributed by atoms with Crippen molar-refractivity contribution in [2.24, 2.45) is 0 Å². The SMILES string of the molecule is O=C(O)CNC(=O)c1ccc(Nc2ccc(C(=O)O)cc2)cc1. The number of hydrogen-bond donors (Lipinski definition) is 4. The summed E-state index contributed by atoms with van der Waals surface area (Å²) in [5, 5.41) is 22.7. The summed E-state index contributed by atoms with van der Waals surface area (Å²) >= 11 is 0. The number of amides is 1. The molecule has 2 rings (SSSR count). The van der Waals surface area contributed by atoms with Crippen molar-refractivity contribution in [3.8, 4) is 0 Å². The van der Waals surface area contributed by atoms with Gasteiger partial charge in [0.2, 0.25) is 0 Å². The van der Waals surface area contributed by atoms with Gasteiger partial charge in [-0.2, -0.15) is 0 Å². The maximum Gasteiger partial charge on any atom is 0.335 e. The summed E-state index contributed by atoms with van der Waals surface area (Å²) in [7, 11) is 0. The van der Waals surface area contributed by atoms with Gasteiger partial charge in [0, 0.05) is 16.9 Å². The van der Waals surface area contributed by atoms with Gasteiger partial charge in [0.25, 0.3) is 5.91 Å². The molecule has 0 fully saturated rings. The van der Waals surface area contributed by atoms with Crippen LogP contribution in [0.3, 0.4) is 0 Å². The lowest BCUT2D eigenvalue weighted by molar-refractivity contribution is -0.135. The van der Waals surface area contributed by atoms with Gasteiger partial charge >= 0.3 is 11.9 Å². The van der Waals surface area contributed by atoms with Crippen molar-refractivity contribution in [2.45, 2.75) is 0 Å². The van der Waals surface area contributed by atoms with E-state index in [1.165, 1.54) is 12.1 Å². The number of carboxylic acid groups (broad SMARTS) is 2. The van der Waals surface area contributed by atoms with Gasteiger partial charge in [0.05, 0.1) is 5.56 Å². The minimum Gasteiger partial charge on any atom is -0.480 e. The van der Waals surface area contributed by atoms with Crippen LogP contribution in [0.15, 0.2) is 48.5 Å². The Morgan fingerprint density at radius 2 is 1.26 bits per heavy atom. The zero-order chi connectivity index (χ0) is 16.8. The lowest BCUT2D eigenvalue weighted by Crippen LogP contribution is -2.29. The highest BCUT2D eigenvalue weighted by molar-refractivity contribution is 5.96. The van der Waals surface area contributed by atoms with E-state index in [0.29, 0.717) is 16.9 Å². The monoisotopic (exact) mass is 314 g/mol. The van der Waals surface area contributed by atoms with Gasteiger partial charge in [-0.05, 0) is 48.5 Å². The number of anilines is 2. The van der Waals surface area contributed by atoms with Crippen LogP contribution in [-0.4, -0.2) is 34.6 Å². The molecule has 0 aliphatic rings. The summed E-state index contributed by atoms with van der Waals surface area (Å²) < 4.78 is 0. The highest BCUT2D eigenvalue weighted by atomic mass is 16.4. The van der Waals surface area contributed by atoms with Crippen LogP contribution in [0.5, 0.6) is 0 Å². The molecule has 0 spiro atoms. The van der Waals surface area contributed by atoms with Crippen LogP contribution in [-0.2, 0) is 4.79 Å². The molecule has 0 aromatic heterocycles. The van der Waals surface area contributed by atoms with Crippen LogP contribution in [0.2, 0.25) is 0 Å². The normalized spacial score (nSPS) is 9.91. The molecule has 0 unspecified atom stereocenters. The first-order chi connectivity index (χ1) is 11.0. The molecule has 0 radical (unpaired) electrons. The summed E-state index contributed by atoms with van der Waals surface area (Å²) in [5.74, 6) is -2.57. The van der Waals surface area contributed by atoms with Crippen molar-refractivity contribution in [2.75, 3.05) is 11.9 Å². The van der Waals surface area contributed by atoms with E-state index in [1.807, 2.05) is 0 Å². The summed E-state index contributed by atoms with van der Waals surface area (Å²) in [6.07, 6.45) is 0. The van der Waals surface area contributed by atoms with Crippen LogP contribution in [0.25, 0.3) is 0 Å². The first-order valence-electron chi connectivity index (χ1n) is 6.66. The zero-order valence-electron chi connectivity index (χ0n) is 11.9. The smallest absolute Gasteiger partial charge is 0.335 e. The number of carbonyl (C=O) groups excluding carboxylic acids is 1. The average molecular weight is 314 g/mol. The van der Waals surface area contributed by atoms with Gasteiger partial charge in [-0.3, -0.25) is 9.59 Å². The molecule has 118 valence electrons. The molecule has 23 heavy (non-hydrogen) atoms. The molecular weight excluding hydrogens is 300 g/mol. The molecule has 0 aliphatic heterocycles. The third-order valence-corrected chi connectivity index (χ3v) is 2.97. The van der Waals surface area contributed by atoms with E-state index in [2.05, 4.69) is 10.6 Å². The summed E-state index contributed by atoms with van der Waals surface area (Å²) in [6, 6.07) is 12.7. The Morgan fingerprint density at radius 1 is 0.783 bits per heavy atom. The summed E-state index contributed by atoms with van der Waals surface area (Å²) in [6.45, 7) is -0.436. The minimum absolute atomic E-state index is 0.195. The van der Waals surface area contributed by atoms with E-state index in [9.17, 15) is 14.4 Å². The van der Waals surface area contributed by atoms with Gasteiger partial charge < -0.3 is 20.8 Å². The lowest BCUT2D eigenvalue weighted by atomic mass is 10.1. The maximum absolute atomic E-state index is 11.7. The van der Waals surface area contributed by atoms with Gasteiger partial charge in [-0.25, -0.2) is 4.79 Å². The predicted molar refractivity (Wildman–Crippen MR) is 83.1 cm³/mol. The first-order valence-corrected chi connectivity index (χ1v) is 6.66. The highest BCUT2D eigenvalue weighted by Gasteiger charge is 2.07. The quantitative estimate of drug-likeness (QED) is 0.647. The maximum atomic E-state index is 11.7. The standard InChI is InChI=1S/C16H14N2O5/c19-14(20)9-17-15(21)10-1-5-12(6-2-10)18-13-7-3-11(4-8-13)16(22)23/h1-8,18H,9H2,(H,17,21)(H,19,20)(H,22,23). The number of hydrogen-bond acceptors (Lipinski definition) is 4. The van der Waals surface area contributed by atoms with Crippen molar-refractivity contribution in [1.29, 1.82) is 0 Å². The fourth-order valence-electron chi connectivity index (χ4n) is 1.83. The Bertz CT molecular complexity index is 723. The summed E-state index contributed by atoms with van der Waals surface area (Å²) in [5.41, 5.74) is 1.96. The second-order valence-electron chi connectivity index (χ2n) is 4.66. The number of nitrogens with one attached hydrogen (secondary N) is 2. The molecule has 2 aromatic carbocycles. The third kappa shape index (κ3) is 4.57. The topological polar surface area (TPSA) is 116 Å². The average Bonchev–Trinajstić information content (AvgIpc) is 2.54. The Morgan fingerprint density at radius 3 is 1.70 bits per heavy atom. The molecule has 7 nitrogen and oxygen atoms in total. The van der Waals surface area contributed by atoms with E-state index in [1.54, 1.807) is 36.4 Å². The van der Waals surface area contributed by atoms with Crippen LogP contribution in [0, 0.1) is 0 Å². The molecule has 2 aromatic rings. The third-order valence-electron chi connectivity index (χ3n) is 2.97. The van der Waals surface area contributed by atoms with E-state index in [-0.39, 0.29) is 5.56 Å². The van der Waals surface area contributed by atoms with E-state index in [4.69, 9.17) is 10.2 Å². The van der Waals surface area contributed by atoms with Gasteiger partial charge in [0.15, 0.2) is 0 Å². The van der Waals surface area contributed by atoms with E-state index in [0.717, 1.165) is 0 Å². The van der Waals surface area contributed by atoms with Crippen molar-refractivity contribution >= 4 is 29.2 Å². The van der Waals surface area contributed by atoms with Crippen molar-refractivity contribution in [3.63, 3.8) is 0 Å². The fourth-order valence-corrected chi connectivity index (χ4v) is 1.83.